The fourth-order valence-electron chi connectivity index (χ4n) is 2.63. The van der Waals surface area contributed by atoms with E-state index in [1.807, 2.05) is 11.7 Å². The second-order valence-electron chi connectivity index (χ2n) is 6.28. The van der Waals surface area contributed by atoms with E-state index in [4.69, 9.17) is 0 Å². The number of aryl methyl sites for hydroxylation is 3. The van der Waals surface area contributed by atoms with Crippen LogP contribution in [-0.2, 0) is 13.5 Å². The minimum atomic E-state index is 0.475. The van der Waals surface area contributed by atoms with Crippen LogP contribution in [0.5, 0.6) is 0 Å². The Morgan fingerprint density at radius 1 is 1.14 bits per heavy atom. The van der Waals surface area contributed by atoms with Crippen LogP contribution in [0.15, 0.2) is 30.3 Å². The standard InChI is InChI=1S/C18H27N3/c1-13(2)19-12-17(16-8-6-14(3)7-9-16)11-18-10-15(4)20-21(18)5/h6-10,13,17,19H,11-12H2,1-5H3. The molecule has 2 aromatic rings. The highest BCUT2D eigenvalue weighted by Crippen LogP contribution is 2.21. The molecule has 1 atom stereocenters. The van der Waals surface area contributed by atoms with Gasteiger partial charge in [0.05, 0.1) is 5.69 Å². The average Bonchev–Trinajstić information content (AvgIpc) is 2.73. The lowest BCUT2D eigenvalue weighted by atomic mass is 9.93. The highest BCUT2D eigenvalue weighted by Gasteiger charge is 2.15. The summed E-state index contributed by atoms with van der Waals surface area (Å²) in [5.41, 5.74) is 5.09. The molecule has 0 aliphatic rings. The number of hydrogen-bond acceptors (Lipinski definition) is 2. The van der Waals surface area contributed by atoms with Gasteiger partial charge in [0.25, 0.3) is 0 Å². The zero-order valence-electron chi connectivity index (χ0n) is 13.9. The SMILES string of the molecule is Cc1ccc(C(CNC(C)C)Cc2cc(C)nn2C)cc1. The van der Waals surface area contributed by atoms with Crippen LogP contribution in [0.1, 0.15) is 42.3 Å². The number of hydrogen-bond donors (Lipinski definition) is 1. The summed E-state index contributed by atoms with van der Waals surface area (Å²) in [7, 11) is 2.03. The molecule has 3 heteroatoms. The first kappa shape index (κ1) is 15.8. The van der Waals surface area contributed by atoms with Crippen molar-refractivity contribution in [2.45, 2.75) is 46.1 Å². The normalized spacial score (nSPS) is 12.9. The summed E-state index contributed by atoms with van der Waals surface area (Å²) in [6.07, 6.45) is 1.01. The van der Waals surface area contributed by atoms with Gasteiger partial charge in [-0.3, -0.25) is 4.68 Å². The first-order valence-corrected chi connectivity index (χ1v) is 7.75. The van der Waals surface area contributed by atoms with Crippen molar-refractivity contribution in [2.75, 3.05) is 6.54 Å². The Morgan fingerprint density at radius 2 is 1.81 bits per heavy atom. The van der Waals surface area contributed by atoms with Crippen molar-refractivity contribution in [1.82, 2.24) is 15.1 Å². The van der Waals surface area contributed by atoms with Gasteiger partial charge in [0, 0.05) is 31.2 Å². The smallest absolute Gasteiger partial charge is 0.0596 e. The van der Waals surface area contributed by atoms with Crippen molar-refractivity contribution < 1.29 is 0 Å². The summed E-state index contributed by atoms with van der Waals surface area (Å²) in [6.45, 7) is 9.57. The van der Waals surface area contributed by atoms with Gasteiger partial charge in [-0.05, 0) is 31.9 Å². The lowest BCUT2D eigenvalue weighted by Gasteiger charge is -2.20. The van der Waals surface area contributed by atoms with Crippen molar-refractivity contribution in [2.24, 2.45) is 7.05 Å². The molecule has 21 heavy (non-hydrogen) atoms. The Morgan fingerprint density at radius 3 is 2.33 bits per heavy atom. The maximum Gasteiger partial charge on any atom is 0.0596 e. The third-order valence-corrected chi connectivity index (χ3v) is 3.88. The van der Waals surface area contributed by atoms with Crippen LogP contribution < -0.4 is 5.32 Å². The summed E-state index contributed by atoms with van der Waals surface area (Å²) in [5, 5.41) is 8.04. The fraction of sp³-hybridized carbons (Fsp3) is 0.500. The van der Waals surface area contributed by atoms with Gasteiger partial charge in [0.15, 0.2) is 0 Å². The van der Waals surface area contributed by atoms with Gasteiger partial charge in [-0.15, -0.1) is 0 Å². The zero-order valence-corrected chi connectivity index (χ0v) is 13.9. The topological polar surface area (TPSA) is 29.9 Å². The minimum Gasteiger partial charge on any atom is -0.314 e. The third kappa shape index (κ3) is 4.43. The Labute approximate surface area is 128 Å². The van der Waals surface area contributed by atoms with E-state index in [0.29, 0.717) is 12.0 Å². The summed E-state index contributed by atoms with van der Waals surface area (Å²) in [4.78, 5) is 0. The highest BCUT2D eigenvalue weighted by atomic mass is 15.3. The summed E-state index contributed by atoms with van der Waals surface area (Å²) in [6, 6.07) is 11.6. The molecule has 1 N–H and O–H groups in total. The van der Waals surface area contributed by atoms with Gasteiger partial charge in [-0.1, -0.05) is 43.7 Å². The molecule has 114 valence electrons. The predicted molar refractivity (Wildman–Crippen MR) is 88.7 cm³/mol. The Bertz CT molecular complexity index is 567. The number of aromatic nitrogens is 2. The summed E-state index contributed by atoms with van der Waals surface area (Å²) < 4.78 is 2.01. The largest absolute Gasteiger partial charge is 0.314 e. The van der Waals surface area contributed by atoms with Crippen molar-refractivity contribution in [3.63, 3.8) is 0 Å². The zero-order chi connectivity index (χ0) is 15.4. The van der Waals surface area contributed by atoms with Crippen molar-refractivity contribution in [1.29, 1.82) is 0 Å². The molecule has 0 saturated carbocycles. The third-order valence-electron chi connectivity index (χ3n) is 3.88. The molecule has 0 bridgehead atoms. The highest BCUT2D eigenvalue weighted by molar-refractivity contribution is 5.26. The number of benzene rings is 1. The van der Waals surface area contributed by atoms with E-state index in [9.17, 15) is 0 Å². The van der Waals surface area contributed by atoms with Gasteiger partial charge >= 0.3 is 0 Å². The molecule has 0 spiro atoms. The van der Waals surface area contributed by atoms with Crippen LogP contribution >= 0.6 is 0 Å². The number of nitrogens with zero attached hydrogens (tertiary/aromatic N) is 2. The van der Waals surface area contributed by atoms with E-state index >= 15 is 0 Å². The Kier molecular flexibility index (Phi) is 5.18. The van der Waals surface area contributed by atoms with Crippen LogP contribution in [0.25, 0.3) is 0 Å². The molecule has 1 aromatic heterocycles. The molecule has 1 heterocycles. The van der Waals surface area contributed by atoms with Crippen LogP contribution in [0.2, 0.25) is 0 Å². The molecule has 0 amide bonds. The van der Waals surface area contributed by atoms with E-state index in [0.717, 1.165) is 18.7 Å². The molecule has 2 rings (SSSR count). The molecular weight excluding hydrogens is 258 g/mol. The maximum atomic E-state index is 4.46. The van der Waals surface area contributed by atoms with E-state index < -0.39 is 0 Å². The molecule has 1 unspecified atom stereocenters. The lowest BCUT2D eigenvalue weighted by molar-refractivity contribution is 0.516. The molecule has 0 aliphatic heterocycles. The second kappa shape index (κ2) is 6.90. The number of nitrogens with one attached hydrogen (secondary N) is 1. The van der Waals surface area contributed by atoms with E-state index in [1.54, 1.807) is 0 Å². The Hall–Kier alpha value is -1.61. The molecule has 0 radical (unpaired) electrons. The second-order valence-corrected chi connectivity index (χ2v) is 6.28. The van der Waals surface area contributed by atoms with Gasteiger partial charge in [-0.25, -0.2) is 0 Å². The van der Waals surface area contributed by atoms with E-state index in [2.05, 4.69) is 68.4 Å². The summed E-state index contributed by atoms with van der Waals surface area (Å²) in [5.74, 6) is 0.475. The lowest BCUT2D eigenvalue weighted by Crippen LogP contribution is -2.29. The first-order chi connectivity index (χ1) is 9.95. The minimum absolute atomic E-state index is 0.475. The van der Waals surface area contributed by atoms with Crippen LogP contribution in [0.3, 0.4) is 0 Å². The average molecular weight is 285 g/mol. The van der Waals surface area contributed by atoms with Gasteiger partial charge in [0.1, 0.15) is 0 Å². The maximum absolute atomic E-state index is 4.46. The van der Waals surface area contributed by atoms with E-state index in [-0.39, 0.29) is 0 Å². The van der Waals surface area contributed by atoms with Crippen molar-refractivity contribution in [3.8, 4) is 0 Å². The molecule has 0 aliphatic carbocycles. The van der Waals surface area contributed by atoms with Crippen molar-refractivity contribution in [3.05, 3.63) is 52.8 Å². The Balaban J connectivity index is 2.19. The van der Waals surface area contributed by atoms with Crippen LogP contribution in [0, 0.1) is 13.8 Å². The van der Waals surface area contributed by atoms with E-state index in [1.165, 1.54) is 16.8 Å². The van der Waals surface area contributed by atoms with Crippen LogP contribution in [0.4, 0.5) is 0 Å². The summed E-state index contributed by atoms with van der Waals surface area (Å²) >= 11 is 0. The van der Waals surface area contributed by atoms with Crippen molar-refractivity contribution >= 4 is 0 Å². The van der Waals surface area contributed by atoms with Gasteiger partial charge < -0.3 is 5.32 Å². The quantitative estimate of drug-likeness (QED) is 0.882. The van der Waals surface area contributed by atoms with Gasteiger partial charge in [-0.2, -0.15) is 5.10 Å². The molecule has 0 saturated heterocycles. The fourth-order valence-corrected chi connectivity index (χ4v) is 2.63. The molecular formula is C18H27N3. The van der Waals surface area contributed by atoms with Crippen LogP contribution in [-0.4, -0.2) is 22.4 Å². The first-order valence-electron chi connectivity index (χ1n) is 7.75. The molecule has 0 fully saturated rings. The number of rotatable bonds is 6. The van der Waals surface area contributed by atoms with Gasteiger partial charge in [0.2, 0.25) is 0 Å². The monoisotopic (exact) mass is 285 g/mol. The predicted octanol–water partition coefficient (Wildman–Crippen LogP) is 3.36. The molecule has 1 aromatic carbocycles. The molecule has 3 nitrogen and oxygen atoms in total.